The van der Waals surface area contributed by atoms with Crippen molar-refractivity contribution in [2.24, 2.45) is 0 Å². The summed E-state index contributed by atoms with van der Waals surface area (Å²) in [6.45, 7) is 3.92. The van der Waals surface area contributed by atoms with Crippen molar-refractivity contribution in [2.45, 2.75) is 19.4 Å². The summed E-state index contributed by atoms with van der Waals surface area (Å²) in [6.07, 6.45) is 5.03. The molecular weight excluding hydrogens is 305 g/mol. The first-order valence-corrected chi connectivity index (χ1v) is 7.48. The summed E-state index contributed by atoms with van der Waals surface area (Å²) >= 11 is 0. The number of carbonyl (C=O) groups is 1. The average Bonchev–Trinajstić information content (AvgIpc) is 2.78. The maximum atomic E-state index is 12.9. The van der Waals surface area contributed by atoms with Gasteiger partial charge in [-0.2, -0.15) is 0 Å². The number of nitrogens with zero attached hydrogens (tertiary/aromatic N) is 3. The normalized spacial score (nSPS) is 15.8. The van der Waals surface area contributed by atoms with E-state index < -0.39 is 0 Å². The van der Waals surface area contributed by atoms with E-state index in [9.17, 15) is 9.18 Å². The van der Waals surface area contributed by atoms with Gasteiger partial charge in [-0.15, -0.1) is 0 Å². The number of rotatable bonds is 1. The predicted octanol–water partition coefficient (Wildman–Crippen LogP) is 2.65. The van der Waals surface area contributed by atoms with Gasteiger partial charge in [0.05, 0.1) is 16.7 Å². The molecule has 0 fully saturated rings. The SMILES string of the molecule is CN1C(=O)C(c2ncc(C#Cc3ccc(F)cc3)cn2)=CC1(C)C. The number of likely N-dealkylation sites (N-methyl/N-ethyl adjacent to an activating group) is 1. The number of aromatic nitrogens is 2. The van der Waals surface area contributed by atoms with Crippen LogP contribution in [0.2, 0.25) is 0 Å². The van der Waals surface area contributed by atoms with Crippen LogP contribution in [0, 0.1) is 17.7 Å². The summed E-state index contributed by atoms with van der Waals surface area (Å²) in [4.78, 5) is 22.4. The van der Waals surface area contributed by atoms with Gasteiger partial charge in [-0.1, -0.05) is 11.8 Å². The third-order valence-electron chi connectivity index (χ3n) is 3.99. The molecule has 0 unspecified atom stereocenters. The maximum Gasteiger partial charge on any atom is 0.257 e. The Kier molecular flexibility index (Phi) is 3.90. The van der Waals surface area contributed by atoms with Gasteiger partial charge in [0.25, 0.3) is 5.91 Å². The van der Waals surface area contributed by atoms with Gasteiger partial charge in [-0.3, -0.25) is 4.79 Å². The number of benzene rings is 1. The van der Waals surface area contributed by atoms with Crippen LogP contribution in [0.15, 0.2) is 42.7 Å². The van der Waals surface area contributed by atoms with Crippen LogP contribution < -0.4 is 0 Å². The van der Waals surface area contributed by atoms with E-state index in [1.165, 1.54) is 12.1 Å². The molecule has 0 saturated heterocycles. The first-order valence-electron chi connectivity index (χ1n) is 7.48. The van der Waals surface area contributed by atoms with Crippen molar-refractivity contribution < 1.29 is 9.18 Å². The number of hydrogen-bond donors (Lipinski definition) is 0. The molecule has 0 saturated carbocycles. The molecule has 1 aliphatic rings. The lowest BCUT2D eigenvalue weighted by molar-refractivity contribution is -0.125. The molecule has 0 aliphatic carbocycles. The van der Waals surface area contributed by atoms with Crippen LogP contribution in [0.4, 0.5) is 4.39 Å². The average molecular weight is 321 g/mol. The van der Waals surface area contributed by atoms with E-state index in [0.29, 0.717) is 22.5 Å². The Morgan fingerprint density at radius 2 is 1.62 bits per heavy atom. The zero-order valence-electron chi connectivity index (χ0n) is 13.7. The summed E-state index contributed by atoms with van der Waals surface area (Å²) in [6, 6.07) is 5.94. The van der Waals surface area contributed by atoms with Gasteiger partial charge >= 0.3 is 0 Å². The predicted molar refractivity (Wildman–Crippen MR) is 89.2 cm³/mol. The molecule has 120 valence electrons. The first-order chi connectivity index (χ1) is 11.4. The van der Waals surface area contributed by atoms with E-state index in [2.05, 4.69) is 21.8 Å². The third kappa shape index (κ3) is 3.04. The molecule has 24 heavy (non-hydrogen) atoms. The fourth-order valence-corrected chi connectivity index (χ4v) is 2.32. The third-order valence-corrected chi connectivity index (χ3v) is 3.99. The monoisotopic (exact) mass is 321 g/mol. The summed E-state index contributed by atoms with van der Waals surface area (Å²) in [5.74, 6) is 5.85. The molecule has 1 aromatic heterocycles. The van der Waals surface area contributed by atoms with E-state index in [0.717, 1.165) is 0 Å². The standard InChI is InChI=1S/C19H16FN3O/c1-19(2)10-16(18(24)23(19)3)17-21-11-14(12-22-17)5-4-13-6-8-15(20)9-7-13/h6-12H,1-3H3. The Balaban J connectivity index is 1.82. The summed E-state index contributed by atoms with van der Waals surface area (Å²) in [5, 5.41) is 0. The lowest BCUT2D eigenvalue weighted by Gasteiger charge is -2.26. The van der Waals surface area contributed by atoms with Gasteiger partial charge in [0.2, 0.25) is 0 Å². The van der Waals surface area contributed by atoms with Crippen molar-refractivity contribution in [2.75, 3.05) is 7.05 Å². The second kappa shape index (κ2) is 5.89. The molecule has 0 atom stereocenters. The quantitative estimate of drug-likeness (QED) is 0.759. The lowest BCUT2D eigenvalue weighted by Crippen LogP contribution is -2.38. The molecule has 1 aromatic carbocycles. The molecule has 0 spiro atoms. The molecule has 1 amide bonds. The van der Waals surface area contributed by atoms with Crippen molar-refractivity contribution in [3.05, 3.63) is 65.5 Å². The molecule has 2 heterocycles. The highest BCUT2D eigenvalue weighted by molar-refractivity contribution is 6.21. The number of amides is 1. The van der Waals surface area contributed by atoms with E-state index in [1.54, 1.807) is 36.5 Å². The molecule has 5 heteroatoms. The van der Waals surface area contributed by atoms with Crippen LogP contribution in [-0.4, -0.2) is 33.4 Å². The smallest absolute Gasteiger partial charge is 0.257 e. The van der Waals surface area contributed by atoms with Crippen LogP contribution >= 0.6 is 0 Å². The van der Waals surface area contributed by atoms with Crippen LogP contribution in [0.25, 0.3) is 5.57 Å². The van der Waals surface area contributed by atoms with Crippen molar-refractivity contribution in [1.29, 1.82) is 0 Å². The van der Waals surface area contributed by atoms with Gasteiger partial charge in [-0.05, 0) is 44.2 Å². The Labute approximate surface area is 140 Å². The van der Waals surface area contributed by atoms with Crippen molar-refractivity contribution in [1.82, 2.24) is 14.9 Å². The minimum absolute atomic E-state index is 0.0925. The summed E-state index contributed by atoms with van der Waals surface area (Å²) in [7, 11) is 1.76. The summed E-state index contributed by atoms with van der Waals surface area (Å²) in [5.41, 5.74) is 1.48. The van der Waals surface area contributed by atoms with E-state index in [-0.39, 0.29) is 17.3 Å². The van der Waals surface area contributed by atoms with Gasteiger partial charge in [-0.25, -0.2) is 14.4 Å². The topological polar surface area (TPSA) is 46.1 Å². The minimum Gasteiger partial charge on any atom is -0.333 e. The van der Waals surface area contributed by atoms with Crippen LogP contribution in [0.5, 0.6) is 0 Å². The number of hydrogen-bond acceptors (Lipinski definition) is 3. The van der Waals surface area contributed by atoms with E-state index >= 15 is 0 Å². The van der Waals surface area contributed by atoms with Gasteiger partial charge in [0.1, 0.15) is 5.82 Å². The highest BCUT2D eigenvalue weighted by Crippen LogP contribution is 2.30. The molecule has 0 N–H and O–H groups in total. The molecule has 2 aromatic rings. The molecule has 3 rings (SSSR count). The second-order valence-corrected chi connectivity index (χ2v) is 6.13. The molecule has 0 bridgehead atoms. The van der Waals surface area contributed by atoms with Gasteiger partial charge in [0, 0.05) is 25.0 Å². The fourth-order valence-electron chi connectivity index (χ4n) is 2.32. The van der Waals surface area contributed by atoms with Crippen molar-refractivity contribution in [3.63, 3.8) is 0 Å². The number of carbonyl (C=O) groups excluding carboxylic acids is 1. The number of halogens is 1. The van der Waals surface area contributed by atoms with Crippen LogP contribution in [0.3, 0.4) is 0 Å². The van der Waals surface area contributed by atoms with Gasteiger partial charge < -0.3 is 4.90 Å². The molecule has 1 aliphatic heterocycles. The highest BCUT2D eigenvalue weighted by atomic mass is 19.1. The Bertz CT molecular complexity index is 872. The van der Waals surface area contributed by atoms with E-state index in [1.807, 2.05) is 19.9 Å². The highest BCUT2D eigenvalue weighted by Gasteiger charge is 2.36. The Morgan fingerprint density at radius 1 is 1.04 bits per heavy atom. The molecule has 0 radical (unpaired) electrons. The Hall–Kier alpha value is -3.00. The zero-order valence-corrected chi connectivity index (χ0v) is 13.7. The first kappa shape index (κ1) is 15.9. The minimum atomic E-state index is -0.350. The Morgan fingerprint density at radius 3 is 2.17 bits per heavy atom. The largest absolute Gasteiger partial charge is 0.333 e. The van der Waals surface area contributed by atoms with Crippen LogP contribution in [0.1, 0.15) is 30.8 Å². The van der Waals surface area contributed by atoms with Crippen LogP contribution in [-0.2, 0) is 4.79 Å². The molecular formula is C19H16FN3O. The molecule has 4 nitrogen and oxygen atoms in total. The van der Waals surface area contributed by atoms with Gasteiger partial charge in [0.15, 0.2) is 5.82 Å². The van der Waals surface area contributed by atoms with E-state index in [4.69, 9.17) is 0 Å². The second-order valence-electron chi connectivity index (χ2n) is 6.13. The zero-order chi connectivity index (χ0) is 17.3. The maximum absolute atomic E-state index is 12.9. The fraction of sp³-hybridized carbons (Fsp3) is 0.211. The lowest BCUT2D eigenvalue weighted by atomic mass is 10.1. The van der Waals surface area contributed by atoms with Crippen molar-refractivity contribution >= 4 is 11.5 Å². The summed E-state index contributed by atoms with van der Waals surface area (Å²) < 4.78 is 12.9. The van der Waals surface area contributed by atoms with Crippen molar-refractivity contribution in [3.8, 4) is 11.8 Å².